The van der Waals surface area contributed by atoms with E-state index in [1.807, 2.05) is 37.3 Å². The van der Waals surface area contributed by atoms with Gasteiger partial charge in [-0.05, 0) is 48.6 Å². The number of methoxy groups -OCH3 is 3. The van der Waals surface area contributed by atoms with Crippen LogP contribution in [0.15, 0.2) is 54.1 Å². The Morgan fingerprint density at radius 3 is 2.11 bits per heavy atom. The number of allylic oxidation sites excluding steroid dienone is 2. The number of aryl methyl sites for hydroxylation is 1. The number of benzene rings is 2. The van der Waals surface area contributed by atoms with Gasteiger partial charge in [-0.15, -0.1) is 0 Å². The summed E-state index contributed by atoms with van der Waals surface area (Å²) in [4.78, 5) is 12.8. The molecule has 0 spiro atoms. The Bertz CT molecular complexity index is 814. The zero-order chi connectivity index (χ0) is 19.4. The molecule has 2 atom stereocenters. The second-order valence-electron chi connectivity index (χ2n) is 6.83. The van der Waals surface area contributed by atoms with E-state index in [1.165, 1.54) is 5.56 Å². The Labute approximate surface area is 160 Å². The van der Waals surface area contributed by atoms with Crippen LogP contribution in [0.5, 0.6) is 17.2 Å². The molecular formula is C23H26O4. The van der Waals surface area contributed by atoms with Crippen LogP contribution in [0.25, 0.3) is 0 Å². The van der Waals surface area contributed by atoms with Crippen LogP contribution in [0.4, 0.5) is 0 Å². The number of hydrogen-bond donors (Lipinski definition) is 0. The van der Waals surface area contributed by atoms with E-state index < -0.39 is 0 Å². The van der Waals surface area contributed by atoms with Gasteiger partial charge in [-0.25, -0.2) is 0 Å². The Morgan fingerprint density at radius 2 is 1.56 bits per heavy atom. The Hall–Kier alpha value is -2.75. The summed E-state index contributed by atoms with van der Waals surface area (Å²) < 4.78 is 16.4. The lowest BCUT2D eigenvalue weighted by molar-refractivity contribution is -0.118. The molecule has 0 aromatic heterocycles. The van der Waals surface area contributed by atoms with Crippen LogP contribution >= 0.6 is 0 Å². The minimum atomic E-state index is -0.0759. The molecule has 0 heterocycles. The lowest BCUT2D eigenvalue weighted by atomic mass is 9.84. The van der Waals surface area contributed by atoms with Crippen LogP contribution in [-0.2, 0) is 11.2 Å². The number of Topliss-reactive ketones (excluding diaryl/α,β-unsaturated/α-hetero) is 1. The average molecular weight is 366 g/mol. The maximum absolute atomic E-state index is 12.8. The molecule has 0 saturated heterocycles. The van der Waals surface area contributed by atoms with Gasteiger partial charge in [0.05, 0.1) is 21.3 Å². The average Bonchev–Trinajstić information content (AvgIpc) is 3.00. The molecule has 0 aliphatic heterocycles. The fourth-order valence-corrected chi connectivity index (χ4v) is 3.82. The van der Waals surface area contributed by atoms with Gasteiger partial charge in [-0.3, -0.25) is 4.79 Å². The van der Waals surface area contributed by atoms with Crippen molar-refractivity contribution >= 4 is 5.78 Å². The van der Waals surface area contributed by atoms with Crippen LogP contribution < -0.4 is 14.2 Å². The fraction of sp³-hybridized carbons (Fsp3) is 0.348. The maximum atomic E-state index is 12.8. The third-order valence-corrected chi connectivity index (χ3v) is 5.25. The fourth-order valence-electron chi connectivity index (χ4n) is 3.82. The summed E-state index contributed by atoms with van der Waals surface area (Å²) in [5.74, 6) is 1.94. The van der Waals surface area contributed by atoms with Gasteiger partial charge < -0.3 is 14.2 Å². The SMILES string of the molecule is COc1cc([C@H]2C=C(C)C(=O)[C@@H]2CCc2ccccc2)cc(OC)c1OC. The number of carbonyl (C=O) groups excluding carboxylic acids is 1. The molecule has 4 nitrogen and oxygen atoms in total. The molecule has 3 rings (SSSR count). The second kappa shape index (κ2) is 8.30. The molecule has 2 aromatic carbocycles. The van der Waals surface area contributed by atoms with Crippen molar-refractivity contribution in [1.82, 2.24) is 0 Å². The summed E-state index contributed by atoms with van der Waals surface area (Å²) in [6.45, 7) is 1.90. The van der Waals surface area contributed by atoms with Crippen LogP contribution in [0.1, 0.15) is 30.4 Å². The standard InChI is InChI=1S/C23H26O4/c1-15-12-19(17-13-20(25-2)23(27-4)21(14-17)26-3)18(22(15)24)11-10-16-8-6-5-7-9-16/h5-9,12-14,18-19H,10-11H2,1-4H3/t18-,19-/m1/s1. The normalized spacial score (nSPS) is 19.0. The highest BCUT2D eigenvalue weighted by Crippen LogP contribution is 2.45. The zero-order valence-corrected chi connectivity index (χ0v) is 16.3. The second-order valence-corrected chi connectivity index (χ2v) is 6.83. The van der Waals surface area contributed by atoms with Crippen molar-refractivity contribution < 1.29 is 19.0 Å². The molecule has 27 heavy (non-hydrogen) atoms. The van der Waals surface area contributed by atoms with Crippen molar-refractivity contribution in [3.8, 4) is 17.2 Å². The maximum Gasteiger partial charge on any atom is 0.203 e. The van der Waals surface area contributed by atoms with E-state index in [0.717, 1.165) is 24.0 Å². The van der Waals surface area contributed by atoms with Gasteiger partial charge in [-0.1, -0.05) is 36.4 Å². The predicted molar refractivity (Wildman–Crippen MR) is 106 cm³/mol. The largest absolute Gasteiger partial charge is 0.493 e. The van der Waals surface area contributed by atoms with Gasteiger partial charge in [0, 0.05) is 11.8 Å². The van der Waals surface area contributed by atoms with Crippen molar-refractivity contribution in [3.05, 3.63) is 65.2 Å². The lowest BCUT2D eigenvalue weighted by Gasteiger charge is -2.21. The minimum Gasteiger partial charge on any atom is -0.493 e. The number of carbonyl (C=O) groups is 1. The van der Waals surface area contributed by atoms with E-state index in [2.05, 4.69) is 18.2 Å². The molecule has 0 radical (unpaired) electrons. The van der Waals surface area contributed by atoms with E-state index >= 15 is 0 Å². The van der Waals surface area contributed by atoms with Crippen LogP contribution in [0.2, 0.25) is 0 Å². The molecule has 0 fully saturated rings. The first-order valence-corrected chi connectivity index (χ1v) is 9.15. The monoisotopic (exact) mass is 366 g/mol. The van der Waals surface area contributed by atoms with Crippen LogP contribution in [0.3, 0.4) is 0 Å². The van der Waals surface area contributed by atoms with E-state index in [-0.39, 0.29) is 17.6 Å². The molecule has 0 unspecified atom stereocenters. The highest BCUT2D eigenvalue weighted by Gasteiger charge is 2.35. The van der Waals surface area contributed by atoms with Crippen molar-refractivity contribution in [1.29, 1.82) is 0 Å². The summed E-state index contributed by atoms with van der Waals surface area (Å²) in [6, 6.07) is 14.2. The highest BCUT2D eigenvalue weighted by molar-refractivity contribution is 6.00. The van der Waals surface area contributed by atoms with Gasteiger partial charge in [0.25, 0.3) is 0 Å². The zero-order valence-electron chi connectivity index (χ0n) is 16.3. The Morgan fingerprint density at radius 1 is 0.926 bits per heavy atom. The van der Waals surface area contributed by atoms with Gasteiger partial charge >= 0.3 is 0 Å². The molecule has 142 valence electrons. The van der Waals surface area contributed by atoms with Gasteiger partial charge in [0.1, 0.15) is 0 Å². The summed E-state index contributed by atoms with van der Waals surface area (Å²) in [7, 11) is 4.80. The van der Waals surface area contributed by atoms with Crippen LogP contribution in [-0.4, -0.2) is 27.1 Å². The van der Waals surface area contributed by atoms with E-state index in [4.69, 9.17) is 14.2 Å². The van der Waals surface area contributed by atoms with E-state index in [9.17, 15) is 4.79 Å². The molecular weight excluding hydrogens is 340 g/mol. The molecule has 0 saturated carbocycles. The molecule has 0 bridgehead atoms. The highest BCUT2D eigenvalue weighted by atomic mass is 16.5. The molecule has 0 N–H and O–H groups in total. The van der Waals surface area contributed by atoms with Gasteiger partial charge in [0.2, 0.25) is 5.75 Å². The third kappa shape index (κ3) is 3.85. The lowest BCUT2D eigenvalue weighted by Crippen LogP contribution is -2.17. The molecule has 2 aromatic rings. The summed E-state index contributed by atoms with van der Waals surface area (Å²) in [6.07, 6.45) is 3.75. The number of ketones is 1. The van der Waals surface area contributed by atoms with Crippen molar-refractivity contribution in [2.24, 2.45) is 5.92 Å². The first kappa shape index (κ1) is 19.0. The Balaban J connectivity index is 1.92. The third-order valence-electron chi connectivity index (χ3n) is 5.25. The molecule has 1 aliphatic carbocycles. The summed E-state index contributed by atoms with van der Waals surface area (Å²) >= 11 is 0. The smallest absolute Gasteiger partial charge is 0.203 e. The number of ether oxygens (including phenoxy) is 3. The molecule has 1 aliphatic rings. The molecule has 0 amide bonds. The van der Waals surface area contributed by atoms with Crippen molar-refractivity contribution in [2.75, 3.05) is 21.3 Å². The number of hydrogen-bond acceptors (Lipinski definition) is 4. The molecule has 4 heteroatoms. The van der Waals surface area contributed by atoms with Crippen molar-refractivity contribution in [2.45, 2.75) is 25.7 Å². The van der Waals surface area contributed by atoms with Gasteiger partial charge in [0.15, 0.2) is 17.3 Å². The first-order valence-electron chi connectivity index (χ1n) is 9.15. The topological polar surface area (TPSA) is 44.8 Å². The summed E-state index contributed by atoms with van der Waals surface area (Å²) in [5.41, 5.74) is 3.08. The minimum absolute atomic E-state index is 0.00918. The van der Waals surface area contributed by atoms with Crippen LogP contribution in [0, 0.1) is 5.92 Å². The first-order chi connectivity index (χ1) is 13.1. The Kier molecular flexibility index (Phi) is 5.84. The van der Waals surface area contributed by atoms with Gasteiger partial charge in [-0.2, -0.15) is 0 Å². The quantitative estimate of drug-likeness (QED) is 0.720. The van der Waals surface area contributed by atoms with E-state index in [1.54, 1.807) is 21.3 Å². The predicted octanol–water partition coefficient (Wildman–Crippen LogP) is 4.57. The van der Waals surface area contributed by atoms with Crippen molar-refractivity contribution in [3.63, 3.8) is 0 Å². The van der Waals surface area contributed by atoms with E-state index in [0.29, 0.717) is 17.2 Å². The summed E-state index contributed by atoms with van der Waals surface area (Å²) in [5, 5.41) is 0. The number of rotatable bonds is 7.